The Morgan fingerprint density at radius 3 is 2.63 bits per heavy atom. The lowest BCUT2D eigenvalue weighted by Gasteiger charge is -2.16. The van der Waals surface area contributed by atoms with Crippen molar-refractivity contribution in [3.05, 3.63) is 83.2 Å². The Morgan fingerprint density at radius 2 is 1.95 bits per heavy atom. The largest absolute Gasteiger partial charge is 0.464 e. The number of pyridine rings is 2. The highest BCUT2D eigenvalue weighted by Gasteiger charge is 2.41. The topological polar surface area (TPSA) is 154 Å². The van der Waals surface area contributed by atoms with Gasteiger partial charge in [-0.15, -0.1) is 0 Å². The predicted molar refractivity (Wildman–Crippen MR) is 132 cm³/mol. The van der Waals surface area contributed by atoms with Crippen LogP contribution in [-0.2, 0) is 15.7 Å². The lowest BCUT2D eigenvalue weighted by Crippen LogP contribution is -2.29. The number of nitrogens with two attached hydrogens (primary N) is 2. The number of hydrazine groups is 1. The van der Waals surface area contributed by atoms with Gasteiger partial charge in [-0.05, 0) is 30.3 Å². The summed E-state index contributed by atoms with van der Waals surface area (Å²) in [6.45, 7) is 0. The fourth-order valence-electron chi connectivity index (χ4n) is 3.51. The molecule has 15 heteroatoms. The number of benzene rings is 1. The number of carbonyl (C=O) groups is 2. The number of nitrogens with zero attached hydrogens (tertiary/aromatic N) is 5. The molecule has 4 rings (SSSR count). The zero-order valence-electron chi connectivity index (χ0n) is 19.4. The third kappa shape index (κ3) is 5.21. The van der Waals surface area contributed by atoms with Crippen LogP contribution in [0.5, 0.6) is 0 Å². The maximum Gasteiger partial charge on any atom is 0.434 e. The molecule has 0 atom stereocenters. The first kappa shape index (κ1) is 26.4. The first-order valence-electron chi connectivity index (χ1n) is 10.6. The highest BCUT2D eigenvalue weighted by molar-refractivity contribution is 6.33. The SMILES string of the molecule is COC(=O)/C(N)=C/N(N)c1ncc(NC(=O)c2cnn(-c3cccc4ncccc34)c2C(F)(F)F)cc1Cl. The number of aromatic nitrogens is 4. The lowest BCUT2D eigenvalue weighted by atomic mass is 10.1. The number of hydrogen-bond acceptors (Lipinski definition) is 9. The number of carbonyl (C=O) groups excluding carboxylic acids is 2. The number of methoxy groups -OCH3 is 1. The van der Waals surface area contributed by atoms with E-state index in [0.29, 0.717) is 15.6 Å². The number of fused-ring (bicyclic) bond motifs is 1. The molecular formula is C23H18ClF3N8O3. The molecule has 0 saturated heterocycles. The molecule has 0 radical (unpaired) electrons. The van der Waals surface area contributed by atoms with Crippen molar-refractivity contribution in [3.8, 4) is 5.69 Å². The van der Waals surface area contributed by atoms with Crippen molar-refractivity contribution in [2.75, 3.05) is 17.4 Å². The second-order valence-electron chi connectivity index (χ2n) is 7.63. The van der Waals surface area contributed by atoms with Crippen LogP contribution in [0.3, 0.4) is 0 Å². The van der Waals surface area contributed by atoms with Crippen molar-refractivity contribution in [1.82, 2.24) is 19.7 Å². The average molecular weight is 547 g/mol. The van der Waals surface area contributed by atoms with E-state index in [1.54, 1.807) is 18.2 Å². The van der Waals surface area contributed by atoms with Crippen LogP contribution >= 0.6 is 11.6 Å². The summed E-state index contributed by atoms with van der Waals surface area (Å²) in [7, 11) is 1.12. The van der Waals surface area contributed by atoms with E-state index in [2.05, 4.69) is 25.1 Å². The summed E-state index contributed by atoms with van der Waals surface area (Å²) in [6, 6.07) is 9.01. The number of nitrogens with one attached hydrogen (secondary N) is 1. The van der Waals surface area contributed by atoms with Gasteiger partial charge in [0.05, 0.1) is 53.2 Å². The number of amides is 1. The normalized spacial score (nSPS) is 11.9. The Hall–Kier alpha value is -4.69. The smallest absolute Gasteiger partial charge is 0.434 e. The molecule has 0 spiro atoms. The molecule has 1 aromatic carbocycles. The van der Waals surface area contributed by atoms with Gasteiger partial charge in [-0.3, -0.25) is 14.8 Å². The molecule has 0 bridgehead atoms. The minimum Gasteiger partial charge on any atom is -0.464 e. The minimum absolute atomic E-state index is 0.0303. The molecule has 0 fully saturated rings. The van der Waals surface area contributed by atoms with Crippen molar-refractivity contribution in [2.24, 2.45) is 11.6 Å². The Bertz CT molecular complexity index is 1570. The van der Waals surface area contributed by atoms with E-state index in [1.165, 1.54) is 24.4 Å². The first-order chi connectivity index (χ1) is 18.0. The summed E-state index contributed by atoms with van der Waals surface area (Å²) in [5.41, 5.74) is 3.70. The summed E-state index contributed by atoms with van der Waals surface area (Å²) in [5, 5.41) is 7.33. The standard InChI is InChI=1S/C23H18ClF3N8O3/c1-38-22(37)16(28)11-34(29)20-15(24)8-12(9-31-20)33-21(36)14-10-32-35(19(14)23(25,26)27)18-6-2-5-17-13(18)4-3-7-30-17/h2-11H,28-29H2,1H3,(H,33,36)/b16-11-. The van der Waals surface area contributed by atoms with Gasteiger partial charge in [0.1, 0.15) is 5.70 Å². The molecule has 38 heavy (non-hydrogen) atoms. The fourth-order valence-corrected chi connectivity index (χ4v) is 3.77. The predicted octanol–water partition coefficient (Wildman–Crippen LogP) is 3.39. The van der Waals surface area contributed by atoms with Crippen LogP contribution in [0.25, 0.3) is 16.6 Å². The molecule has 1 amide bonds. The Morgan fingerprint density at radius 1 is 1.18 bits per heavy atom. The van der Waals surface area contributed by atoms with E-state index in [1.807, 2.05) is 0 Å². The number of anilines is 2. The van der Waals surface area contributed by atoms with Gasteiger partial charge in [-0.25, -0.2) is 20.3 Å². The van der Waals surface area contributed by atoms with Crippen LogP contribution in [0.4, 0.5) is 24.7 Å². The highest BCUT2D eigenvalue weighted by Crippen LogP contribution is 2.35. The van der Waals surface area contributed by atoms with E-state index in [0.717, 1.165) is 30.7 Å². The number of esters is 1. The second-order valence-corrected chi connectivity index (χ2v) is 8.04. The molecule has 0 saturated carbocycles. The van der Waals surface area contributed by atoms with Crippen LogP contribution in [0.15, 0.2) is 66.9 Å². The molecule has 196 valence electrons. The lowest BCUT2D eigenvalue weighted by molar-refractivity contribution is -0.143. The number of hydrogen-bond donors (Lipinski definition) is 3. The van der Waals surface area contributed by atoms with Gasteiger partial charge in [-0.1, -0.05) is 17.7 Å². The van der Waals surface area contributed by atoms with E-state index < -0.39 is 29.3 Å². The van der Waals surface area contributed by atoms with Crippen LogP contribution < -0.4 is 21.9 Å². The molecule has 3 heterocycles. The molecular weight excluding hydrogens is 529 g/mol. The zero-order chi connectivity index (χ0) is 27.6. The number of alkyl halides is 3. The quantitative estimate of drug-likeness (QED) is 0.143. The third-order valence-corrected chi connectivity index (χ3v) is 5.43. The maximum absolute atomic E-state index is 14.2. The van der Waals surface area contributed by atoms with Crippen molar-refractivity contribution >= 4 is 45.9 Å². The van der Waals surface area contributed by atoms with Crippen LogP contribution in [-0.4, -0.2) is 38.7 Å². The van der Waals surface area contributed by atoms with Gasteiger partial charge in [0.2, 0.25) is 0 Å². The van der Waals surface area contributed by atoms with Crippen molar-refractivity contribution < 1.29 is 27.5 Å². The molecule has 0 aliphatic rings. The molecule has 11 nitrogen and oxygen atoms in total. The summed E-state index contributed by atoms with van der Waals surface area (Å²) in [6.07, 6.45) is -0.490. The second kappa shape index (κ2) is 10.4. The molecule has 5 N–H and O–H groups in total. The Labute approximate surface area is 217 Å². The summed E-state index contributed by atoms with van der Waals surface area (Å²) in [5.74, 6) is 3.78. The highest BCUT2D eigenvalue weighted by atomic mass is 35.5. The molecule has 0 aliphatic heterocycles. The Balaban J connectivity index is 1.66. The summed E-state index contributed by atoms with van der Waals surface area (Å²) in [4.78, 5) is 32.5. The van der Waals surface area contributed by atoms with Crippen molar-refractivity contribution in [2.45, 2.75) is 6.18 Å². The van der Waals surface area contributed by atoms with Gasteiger partial charge >= 0.3 is 12.1 Å². The van der Waals surface area contributed by atoms with Crippen LogP contribution in [0.2, 0.25) is 5.02 Å². The van der Waals surface area contributed by atoms with Crippen LogP contribution in [0.1, 0.15) is 16.1 Å². The van der Waals surface area contributed by atoms with E-state index >= 15 is 0 Å². The average Bonchev–Trinajstić information content (AvgIpc) is 3.34. The van der Waals surface area contributed by atoms with E-state index in [-0.39, 0.29) is 27.9 Å². The zero-order valence-corrected chi connectivity index (χ0v) is 20.2. The van der Waals surface area contributed by atoms with Crippen molar-refractivity contribution in [3.63, 3.8) is 0 Å². The summed E-state index contributed by atoms with van der Waals surface area (Å²) >= 11 is 6.17. The van der Waals surface area contributed by atoms with Crippen molar-refractivity contribution in [1.29, 1.82) is 0 Å². The van der Waals surface area contributed by atoms with E-state index in [4.69, 9.17) is 23.2 Å². The molecule has 4 aromatic rings. The molecule has 3 aromatic heterocycles. The number of rotatable bonds is 6. The van der Waals surface area contributed by atoms with Gasteiger partial charge < -0.3 is 15.8 Å². The maximum atomic E-state index is 14.2. The van der Waals surface area contributed by atoms with Crippen LogP contribution in [0, 0.1) is 0 Å². The van der Waals surface area contributed by atoms with Gasteiger partial charge in [0, 0.05) is 11.6 Å². The van der Waals surface area contributed by atoms with Gasteiger partial charge in [-0.2, -0.15) is 18.3 Å². The van der Waals surface area contributed by atoms with Gasteiger partial charge in [0.25, 0.3) is 5.91 Å². The molecule has 0 aliphatic carbocycles. The molecule has 0 unspecified atom stereocenters. The number of halogens is 4. The minimum atomic E-state index is -4.93. The fraction of sp³-hybridized carbons (Fsp3) is 0.0870. The first-order valence-corrected chi connectivity index (χ1v) is 10.9. The van der Waals surface area contributed by atoms with E-state index in [9.17, 15) is 22.8 Å². The third-order valence-electron chi connectivity index (χ3n) is 5.16. The number of ether oxygens (including phenoxy) is 1. The Kier molecular flexibility index (Phi) is 7.19. The summed E-state index contributed by atoms with van der Waals surface area (Å²) < 4.78 is 47.6. The monoisotopic (exact) mass is 546 g/mol. The van der Waals surface area contributed by atoms with Gasteiger partial charge in [0.15, 0.2) is 11.5 Å².